The van der Waals surface area contributed by atoms with Gasteiger partial charge in [-0.05, 0) is 18.2 Å². The van der Waals surface area contributed by atoms with Crippen LogP contribution in [0.1, 0.15) is 6.92 Å². The summed E-state index contributed by atoms with van der Waals surface area (Å²) in [5.41, 5.74) is -1.65. The number of hydrogen-bond acceptors (Lipinski definition) is 7. The fraction of sp³-hybridized carbons (Fsp3) is 0.316. The number of sulfone groups is 1. The fourth-order valence-corrected chi connectivity index (χ4v) is 4.38. The van der Waals surface area contributed by atoms with Gasteiger partial charge in [-0.2, -0.15) is 27.1 Å². The molecule has 4 heterocycles. The highest BCUT2D eigenvalue weighted by atomic mass is 32.2. The van der Waals surface area contributed by atoms with Crippen LogP contribution in [0.15, 0.2) is 46.7 Å². The zero-order valence-corrected chi connectivity index (χ0v) is 18.8. The van der Waals surface area contributed by atoms with Gasteiger partial charge >= 0.3 is 17.8 Å². The van der Waals surface area contributed by atoms with E-state index in [1.165, 1.54) is 49.5 Å². The molecule has 0 atom stereocenters. The molecule has 4 rings (SSSR count). The highest BCUT2D eigenvalue weighted by Crippen LogP contribution is 2.37. The molecule has 0 saturated heterocycles. The van der Waals surface area contributed by atoms with Gasteiger partial charge in [-0.1, -0.05) is 6.92 Å². The molecule has 0 aliphatic carbocycles. The van der Waals surface area contributed by atoms with Crippen LogP contribution in [0.3, 0.4) is 0 Å². The molecule has 0 radical (unpaired) electrons. The number of imidazole rings is 1. The Labute approximate surface area is 193 Å². The van der Waals surface area contributed by atoms with Gasteiger partial charge in [0.2, 0.25) is 0 Å². The molecule has 0 spiro atoms. The molecule has 0 amide bonds. The van der Waals surface area contributed by atoms with E-state index in [0.29, 0.717) is 0 Å². The minimum atomic E-state index is -5.86. The smallest absolute Gasteiger partial charge is 0.295 e. The summed E-state index contributed by atoms with van der Waals surface area (Å²) in [5, 5.41) is 3.93. The Morgan fingerprint density at radius 3 is 2.40 bits per heavy atom. The molecule has 0 aliphatic rings. The van der Waals surface area contributed by atoms with Crippen molar-refractivity contribution in [2.75, 3.05) is 5.75 Å². The topological polar surface area (TPSA) is 118 Å². The van der Waals surface area contributed by atoms with Crippen molar-refractivity contribution in [1.29, 1.82) is 0 Å². The first-order chi connectivity index (χ1) is 16.3. The van der Waals surface area contributed by atoms with Gasteiger partial charge < -0.3 is 0 Å². The average Bonchev–Trinajstić information content (AvgIpc) is 3.42. The molecule has 0 saturated carbocycles. The number of nitrogens with zero attached hydrogens (tertiary/aromatic N) is 7. The first-order valence-corrected chi connectivity index (χ1v) is 11.5. The van der Waals surface area contributed by atoms with E-state index in [4.69, 9.17) is 0 Å². The second kappa shape index (κ2) is 8.21. The van der Waals surface area contributed by atoms with Crippen LogP contribution in [-0.4, -0.2) is 60.1 Å². The van der Waals surface area contributed by atoms with Gasteiger partial charge in [0.25, 0.3) is 0 Å². The molecule has 4 aromatic heterocycles. The van der Waals surface area contributed by atoms with Crippen LogP contribution in [0.2, 0.25) is 0 Å². The van der Waals surface area contributed by atoms with E-state index in [9.17, 15) is 35.2 Å². The third kappa shape index (κ3) is 4.17. The number of halogens is 5. The maximum Gasteiger partial charge on any atom is 0.455 e. The van der Waals surface area contributed by atoms with E-state index in [2.05, 4.69) is 20.1 Å². The van der Waals surface area contributed by atoms with Crippen molar-refractivity contribution in [2.45, 2.75) is 30.5 Å². The maximum absolute atomic E-state index is 13.7. The van der Waals surface area contributed by atoms with Crippen molar-refractivity contribution in [3.63, 3.8) is 0 Å². The Balaban J connectivity index is 1.92. The lowest BCUT2D eigenvalue weighted by molar-refractivity contribution is -0.286. The molecule has 0 bridgehead atoms. The van der Waals surface area contributed by atoms with Crippen molar-refractivity contribution in [3.8, 4) is 17.2 Å². The van der Waals surface area contributed by atoms with Gasteiger partial charge in [0.1, 0.15) is 24.9 Å². The zero-order valence-electron chi connectivity index (χ0n) is 18.0. The molecule has 16 heteroatoms. The Hall–Kier alpha value is -3.69. The Kier molecular flexibility index (Phi) is 5.73. The van der Waals surface area contributed by atoms with Crippen LogP contribution < -0.4 is 5.69 Å². The van der Waals surface area contributed by atoms with Crippen molar-refractivity contribution in [3.05, 3.63) is 47.5 Å². The third-order valence-corrected chi connectivity index (χ3v) is 7.02. The number of aryl methyl sites for hydroxylation is 1. The summed E-state index contributed by atoms with van der Waals surface area (Å²) in [6, 6.07) is 3.88. The predicted molar refractivity (Wildman–Crippen MR) is 112 cm³/mol. The molecule has 0 aromatic carbocycles. The van der Waals surface area contributed by atoms with Gasteiger partial charge in [0.15, 0.2) is 15.7 Å². The molecule has 35 heavy (non-hydrogen) atoms. The number of aromatic nitrogens is 7. The van der Waals surface area contributed by atoms with Crippen LogP contribution in [-0.2, 0) is 23.4 Å². The number of pyridine rings is 2. The van der Waals surface area contributed by atoms with E-state index in [1.54, 1.807) is 0 Å². The summed E-state index contributed by atoms with van der Waals surface area (Å²) < 4.78 is 93.3. The molecule has 0 N–H and O–H groups in total. The van der Waals surface area contributed by atoms with Gasteiger partial charge in [-0.15, -0.1) is 0 Å². The largest absolute Gasteiger partial charge is 0.455 e. The lowest BCUT2D eigenvalue weighted by atomic mass is 10.2. The van der Waals surface area contributed by atoms with E-state index in [1.807, 2.05) is 0 Å². The molecule has 0 aliphatic heterocycles. The van der Waals surface area contributed by atoms with Crippen LogP contribution in [0.5, 0.6) is 0 Å². The number of rotatable bonds is 6. The fourth-order valence-electron chi connectivity index (χ4n) is 3.35. The van der Waals surface area contributed by atoms with E-state index >= 15 is 0 Å². The van der Waals surface area contributed by atoms with Crippen molar-refractivity contribution in [2.24, 2.45) is 7.05 Å². The number of hydrogen-bond donors (Lipinski definition) is 0. The lowest BCUT2D eigenvalue weighted by Gasteiger charge is -2.19. The summed E-state index contributed by atoms with van der Waals surface area (Å²) in [5.74, 6) is -5.25. The molecule has 10 nitrogen and oxygen atoms in total. The van der Waals surface area contributed by atoms with Crippen LogP contribution >= 0.6 is 0 Å². The van der Waals surface area contributed by atoms with Crippen LogP contribution in [0.25, 0.3) is 28.2 Å². The minimum Gasteiger partial charge on any atom is -0.295 e. The summed E-state index contributed by atoms with van der Waals surface area (Å²) >= 11 is 0. The Morgan fingerprint density at radius 2 is 1.80 bits per heavy atom. The Bertz CT molecular complexity index is 1570. The summed E-state index contributed by atoms with van der Waals surface area (Å²) in [6.07, 6.45) is -2.39. The van der Waals surface area contributed by atoms with E-state index in [0.717, 1.165) is 10.8 Å². The standard InChI is InChI=1S/C19H16F5N7O3S/c1-3-35(33,34)14-4-5-15(31-10-25-9-27-31)28-16(14)11-6-12-13(7-26-11)30(17(32)29(12)2)8-18(20,21)19(22,23)24/h4-7,9-10H,3,8H2,1-2H3. The van der Waals surface area contributed by atoms with Crippen molar-refractivity contribution in [1.82, 2.24) is 33.9 Å². The van der Waals surface area contributed by atoms with Crippen LogP contribution in [0.4, 0.5) is 22.0 Å². The molecular weight excluding hydrogens is 501 g/mol. The van der Waals surface area contributed by atoms with E-state index in [-0.39, 0.29) is 43.5 Å². The van der Waals surface area contributed by atoms with Crippen LogP contribution in [0, 0.1) is 0 Å². The van der Waals surface area contributed by atoms with Gasteiger partial charge in [-0.3, -0.25) is 14.1 Å². The van der Waals surface area contributed by atoms with E-state index < -0.39 is 34.2 Å². The second-order valence-electron chi connectivity index (χ2n) is 7.45. The quantitative estimate of drug-likeness (QED) is 0.361. The summed E-state index contributed by atoms with van der Waals surface area (Å²) in [7, 11) is -2.63. The molecule has 4 aromatic rings. The van der Waals surface area contributed by atoms with Crippen molar-refractivity contribution >= 4 is 20.9 Å². The SMILES string of the molecule is CCS(=O)(=O)c1ccc(-n2cncn2)nc1-c1cc2c(cn1)n(CC(F)(F)C(F)(F)F)c(=O)n2C. The van der Waals surface area contributed by atoms with Crippen molar-refractivity contribution < 1.29 is 30.4 Å². The predicted octanol–water partition coefficient (Wildman–Crippen LogP) is 2.37. The number of alkyl halides is 5. The second-order valence-corrected chi connectivity index (χ2v) is 9.69. The summed E-state index contributed by atoms with van der Waals surface area (Å²) in [4.78, 5) is 24.5. The normalized spacial score (nSPS) is 13.0. The Morgan fingerprint density at radius 1 is 1.09 bits per heavy atom. The average molecular weight is 517 g/mol. The first-order valence-electron chi connectivity index (χ1n) is 9.86. The number of fused-ring (bicyclic) bond motifs is 1. The van der Waals surface area contributed by atoms with Gasteiger partial charge in [0, 0.05) is 7.05 Å². The highest BCUT2D eigenvalue weighted by molar-refractivity contribution is 7.91. The summed E-state index contributed by atoms with van der Waals surface area (Å²) in [6.45, 7) is -0.519. The maximum atomic E-state index is 13.7. The molecular formula is C19H16F5N7O3S. The molecule has 0 unspecified atom stereocenters. The molecule has 0 fully saturated rings. The zero-order chi connectivity index (χ0) is 25.8. The first kappa shape index (κ1) is 24.4. The monoisotopic (exact) mass is 517 g/mol. The lowest BCUT2D eigenvalue weighted by Crippen LogP contribution is -2.42. The highest BCUT2D eigenvalue weighted by Gasteiger charge is 2.58. The minimum absolute atomic E-state index is 0.0502. The van der Waals surface area contributed by atoms with Gasteiger partial charge in [-0.25, -0.2) is 27.9 Å². The molecule has 186 valence electrons. The third-order valence-electron chi connectivity index (χ3n) is 5.26. The van der Waals surface area contributed by atoms with Gasteiger partial charge in [0.05, 0.1) is 33.6 Å².